The maximum Gasteiger partial charge on any atom is 0.326 e. The number of thiol groups is 1. The van der Waals surface area contributed by atoms with E-state index in [1.165, 1.54) is 23.9 Å². The molecule has 12 nitrogen and oxygen atoms in total. The second-order valence-corrected chi connectivity index (χ2v) is 9.25. The van der Waals surface area contributed by atoms with Gasteiger partial charge in [-0.2, -0.15) is 24.4 Å². The number of carboxylic acid groups (broad SMARTS) is 2. The van der Waals surface area contributed by atoms with Crippen LogP contribution < -0.4 is 21.7 Å². The summed E-state index contributed by atoms with van der Waals surface area (Å²) in [5, 5.41) is 35.0. The molecule has 4 unspecified atom stereocenters. The van der Waals surface area contributed by atoms with Gasteiger partial charge >= 0.3 is 11.9 Å². The molecule has 0 saturated carbocycles. The predicted octanol–water partition coefficient (Wildman–Crippen LogP) is -0.651. The van der Waals surface area contributed by atoms with E-state index in [2.05, 4.69) is 28.6 Å². The molecule has 36 heavy (non-hydrogen) atoms. The van der Waals surface area contributed by atoms with Crippen molar-refractivity contribution in [3.05, 3.63) is 29.8 Å². The number of amides is 3. The molecule has 14 heteroatoms. The Labute approximate surface area is 218 Å². The number of carbonyl (C=O) groups excluding carboxylic acids is 3. The number of nitrogens with one attached hydrogen (secondary N) is 3. The number of carboxylic acids is 2. The summed E-state index contributed by atoms with van der Waals surface area (Å²) in [6.07, 6.45) is 1.16. The number of benzene rings is 1. The molecule has 1 aromatic rings. The van der Waals surface area contributed by atoms with E-state index in [1.807, 2.05) is 0 Å². The van der Waals surface area contributed by atoms with Gasteiger partial charge in [0, 0.05) is 18.6 Å². The average molecular weight is 545 g/mol. The molecule has 1 aromatic carbocycles. The maximum absolute atomic E-state index is 13.2. The average Bonchev–Trinajstić information content (AvgIpc) is 2.83. The summed E-state index contributed by atoms with van der Waals surface area (Å²) >= 11 is 5.38. The number of phenolic OH excluding ortho intramolecular Hbond substituents is 1. The van der Waals surface area contributed by atoms with Gasteiger partial charge in [-0.3, -0.25) is 19.2 Å². The van der Waals surface area contributed by atoms with Crippen molar-refractivity contribution in [3.8, 4) is 5.75 Å². The molecule has 200 valence electrons. The van der Waals surface area contributed by atoms with Crippen molar-refractivity contribution in [1.82, 2.24) is 16.0 Å². The van der Waals surface area contributed by atoms with Crippen molar-refractivity contribution < 1.29 is 39.3 Å². The lowest BCUT2D eigenvalue weighted by atomic mass is 10.0. The highest BCUT2D eigenvalue weighted by Gasteiger charge is 2.30. The maximum atomic E-state index is 13.2. The van der Waals surface area contributed by atoms with Crippen LogP contribution in [0.4, 0.5) is 0 Å². The highest BCUT2D eigenvalue weighted by molar-refractivity contribution is 7.98. The molecule has 1 rings (SSSR count). The Morgan fingerprint density at radius 1 is 0.917 bits per heavy atom. The summed E-state index contributed by atoms with van der Waals surface area (Å²) in [4.78, 5) is 60.7. The van der Waals surface area contributed by atoms with Crippen molar-refractivity contribution in [3.63, 3.8) is 0 Å². The molecule has 0 heterocycles. The third-order valence-corrected chi connectivity index (χ3v) is 6.09. The van der Waals surface area contributed by atoms with Gasteiger partial charge in [0.15, 0.2) is 0 Å². The quantitative estimate of drug-likeness (QED) is 0.123. The van der Waals surface area contributed by atoms with Gasteiger partial charge < -0.3 is 37.0 Å². The highest BCUT2D eigenvalue weighted by Crippen LogP contribution is 2.12. The third kappa shape index (κ3) is 11.2. The van der Waals surface area contributed by atoms with E-state index < -0.39 is 60.2 Å². The second kappa shape index (κ2) is 15.9. The zero-order chi connectivity index (χ0) is 27.3. The number of phenols is 1. The van der Waals surface area contributed by atoms with Crippen LogP contribution in [-0.4, -0.2) is 86.9 Å². The first-order valence-corrected chi connectivity index (χ1v) is 13.0. The van der Waals surface area contributed by atoms with Gasteiger partial charge in [-0.25, -0.2) is 4.79 Å². The molecule has 0 radical (unpaired) electrons. The topological polar surface area (TPSA) is 208 Å². The van der Waals surface area contributed by atoms with Crippen molar-refractivity contribution in [1.29, 1.82) is 0 Å². The van der Waals surface area contributed by atoms with Crippen LogP contribution in [0.3, 0.4) is 0 Å². The van der Waals surface area contributed by atoms with Crippen LogP contribution >= 0.6 is 24.4 Å². The minimum Gasteiger partial charge on any atom is -0.508 e. The highest BCUT2D eigenvalue weighted by atomic mass is 32.2. The van der Waals surface area contributed by atoms with E-state index >= 15 is 0 Å². The van der Waals surface area contributed by atoms with Crippen molar-refractivity contribution in [2.24, 2.45) is 5.73 Å². The Balaban J connectivity index is 3.07. The predicted molar refractivity (Wildman–Crippen MR) is 137 cm³/mol. The number of carbonyl (C=O) groups is 5. The van der Waals surface area contributed by atoms with Crippen LogP contribution in [0.5, 0.6) is 5.75 Å². The van der Waals surface area contributed by atoms with Gasteiger partial charge in [-0.05, 0) is 42.5 Å². The fraction of sp³-hybridized carbons (Fsp3) is 0.500. The molecule has 0 spiro atoms. The number of aromatic hydroxyl groups is 1. The summed E-state index contributed by atoms with van der Waals surface area (Å²) in [5.74, 6) is -4.25. The normalized spacial score (nSPS) is 14.1. The SMILES string of the molecule is CSCCC(NC(=O)C(Cc1ccc(O)cc1)NC(=O)C(N)CS)C(=O)NC(CCC(=O)O)C(=O)O. The number of hydrogen-bond acceptors (Lipinski definition) is 9. The summed E-state index contributed by atoms with van der Waals surface area (Å²) < 4.78 is 0. The summed E-state index contributed by atoms with van der Waals surface area (Å²) in [6, 6.07) is 1.26. The summed E-state index contributed by atoms with van der Waals surface area (Å²) in [5.41, 5.74) is 6.32. The van der Waals surface area contributed by atoms with Crippen LogP contribution in [0.25, 0.3) is 0 Å². The Morgan fingerprint density at radius 3 is 2.00 bits per heavy atom. The van der Waals surface area contributed by atoms with Crippen molar-refractivity contribution >= 4 is 54.1 Å². The van der Waals surface area contributed by atoms with Gasteiger partial charge in [-0.15, -0.1) is 0 Å². The molecule has 0 aliphatic carbocycles. The first-order chi connectivity index (χ1) is 17.0. The van der Waals surface area contributed by atoms with Crippen LogP contribution in [0.2, 0.25) is 0 Å². The minimum atomic E-state index is -1.46. The Morgan fingerprint density at radius 2 is 1.47 bits per heavy atom. The third-order valence-electron chi connectivity index (χ3n) is 5.05. The Kier molecular flexibility index (Phi) is 13.7. The molecule has 4 atom stereocenters. The van der Waals surface area contributed by atoms with Crippen molar-refractivity contribution in [2.75, 3.05) is 17.8 Å². The number of rotatable bonds is 16. The number of hydrogen-bond donors (Lipinski definition) is 8. The number of aliphatic carboxylic acids is 2. The number of nitrogens with two attached hydrogens (primary N) is 1. The molecule has 0 aliphatic heterocycles. The zero-order valence-corrected chi connectivity index (χ0v) is 21.4. The van der Waals surface area contributed by atoms with Crippen LogP contribution in [-0.2, 0) is 30.4 Å². The van der Waals surface area contributed by atoms with E-state index in [4.69, 9.17) is 10.8 Å². The summed E-state index contributed by atoms with van der Waals surface area (Å²) in [6.45, 7) is 0. The largest absolute Gasteiger partial charge is 0.508 e. The molecule has 0 aliphatic rings. The smallest absolute Gasteiger partial charge is 0.326 e. The standard InChI is InChI=1S/C22H32N4O8S2/c1-36-9-8-15(20(31)25-16(22(33)34)6-7-18(28)29)24-21(32)17(26-19(30)14(23)11-35)10-12-2-4-13(27)5-3-12/h2-5,14-17,27,35H,6-11,23H2,1H3,(H,24,32)(H,25,31)(H,26,30)(H,28,29)(H,33,34). The molecular weight excluding hydrogens is 512 g/mol. The number of thioether (sulfide) groups is 1. The molecule has 0 bridgehead atoms. The lowest BCUT2D eigenvalue weighted by Crippen LogP contribution is -2.58. The second-order valence-electron chi connectivity index (χ2n) is 7.90. The van der Waals surface area contributed by atoms with Crippen LogP contribution in [0.15, 0.2) is 24.3 Å². The van der Waals surface area contributed by atoms with Crippen LogP contribution in [0, 0.1) is 0 Å². The summed E-state index contributed by atoms with van der Waals surface area (Å²) in [7, 11) is 0. The van der Waals surface area contributed by atoms with Gasteiger partial charge in [0.25, 0.3) is 0 Å². The van der Waals surface area contributed by atoms with Gasteiger partial charge in [0.2, 0.25) is 17.7 Å². The van der Waals surface area contributed by atoms with Crippen LogP contribution in [0.1, 0.15) is 24.8 Å². The molecule has 8 N–H and O–H groups in total. The van der Waals surface area contributed by atoms with Gasteiger partial charge in [0.05, 0.1) is 6.04 Å². The molecule has 0 aromatic heterocycles. The lowest BCUT2D eigenvalue weighted by molar-refractivity contribution is -0.143. The molecule has 3 amide bonds. The molecular formula is C22H32N4O8S2. The molecule has 0 saturated heterocycles. The van der Waals surface area contributed by atoms with E-state index in [9.17, 15) is 34.2 Å². The first-order valence-electron chi connectivity index (χ1n) is 11.0. The zero-order valence-electron chi connectivity index (χ0n) is 19.7. The Bertz CT molecular complexity index is 916. The Hall–Kier alpha value is -2.97. The monoisotopic (exact) mass is 544 g/mol. The van der Waals surface area contributed by atoms with Gasteiger partial charge in [0.1, 0.15) is 23.9 Å². The van der Waals surface area contributed by atoms with E-state index in [-0.39, 0.29) is 30.8 Å². The fourth-order valence-electron chi connectivity index (χ4n) is 3.01. The van der Waals surface area contributed by atoms with E-state index in [0.29, 0.717) is 11.3 Å². The fourth-order valence-corrected chi connectivity index (χ4v) is 3.65. The van der Waals surface area contributed by atoms with Crippen molar-refractivity contribution in [2.45, 2.75) is 49.9 Å². The molecule has 0 fully saturated rings. The van der Waals surface area contributed by atoms with Gasteiger partial charge in [-0.1, -0.05) is 12.1 Å². The lowest BCUT2D eigenvalue weighted by Gasteiger charge is -2.25. The van der Waals surface area contributed by atoms with E-state index in [0.717, 1.165) is 0 Å². The first kappa shape index (κ1) is 31.1. The minimum absolute atomic E-state index is 0.0182. The van der Waals surface area contributed by atoms with E-state index in [1.54, 1.807) is 18.4 Å².